The van der Waals surface area contributed by atoms with Crippen molar-refractivity contribution in [2.75, 3.05) is 20.3 Å². The fourth-order valence-corrected chi connectivity index (χ4v) is 5.80. The lowest BCUT2D eigenvalue weighted by molar-refractivity contribution is -0.122. The molecule has 0 aliphatic carbocycles. The number of likely N-dealkylation sites (N-methyl/N-ethyl adjacent to an activating group) is 1. The zero-order valence-electron chi connectivity index (χ0n) is 20.4. The van der Waals surface area contributed by atoms with Crippen LogP contribution in [0.25, 0.3) is 6.08 Å². The topological polar surface area (TPSA) is 85.3 Å². The summed E-state index contributed by atoms with van der Waals surface area (Å²) in [5, 5.41) is 0.141. The molecule has 2 aromatic rings. The second-order valence-electron chi connectivity index (χ2n) is 8.00. The molecule has 1 aliphatic heterocycles. The Morgan fingerprint density at radius 2 is 1.74 bits per heavy atom. The van der Waals surface area contributed by atoms with E-state index in [2.05, 4.69) is 11.3 Å². The second kappa shape index (κ2) is 12.8. The molecular weight excluding hydrogens is 484 g/mol. The van der Waals surface area contributed by atoms with Gasteiger partial charge in [0.15, 0.2) is 16.7 Å². The predicted molar refractivity (Wildman–Crippen MR) is 141 cm³/mol. The first-order chi connectivity index (χ1) is 16.9. The number of benzene rings is 2. The summed E-state index contributed by atoms with van der Waals surface area (Å²) in [5.41, 5.74) is 0.746. The van der Waals surface area contributed by atoms with Crippen LogP contribution in [0.3, 0.4) is 0 Å². The predicted octanol–water partition coefficient (Wildman–Crippen LogP) is 5.73. The highest BCUT2D eigenvalue weighted by Gasteiger charge is 2.34. The van der Waals surface area contributed by atoms with Crippen molar-refractivity contribution in [1.82, 2.24) is 4.90 Å². The summed E-state index contributed by atoms with van der Waals surface area (Å²) < 4.78 is 40.8. The van der Waals surface area contributed by atoms with Crippen LogP contribution in [0, 0.1) is 0 Å². The van der Waals surface area contributed by atoms with E-state index in [1.165, 1.54) is 36.3 Å². The van der Waals surface area contributed by atoms with E-state index in [4.69, 9.17) is 9.47 Å². The summed E-state index contributed by atoms with van der Waals surface area (Å²) in [6.07, 6.45) is 7.49. The average molecular weight is 517 g/mol. The second-order valence-corrected chi connectivity index (χ2v) is 10.6. The number of amides is 1. The Labute approximate surface area is 212 Å². The minimum atomic E-state index is -3.93. The first-order valence-electron chi connectivity index (χ1n) is 11.8. The third-order valence-corrected chi connectivity index (χ3v) is 7.84. The molecule has 35 heavy (non-hydrogen) atoms. The minimum Gasteiger partial charge on any atom is -0.493 e. The van der Waals surface area contributed by atoms with Crippen molar-refractivity contribution in [3.05, 3.63) is 59.0 Å². The first kappa shape index (κ1) is 26.8. The summed E-state index contributed by atoms with van der Waals surface area (Å²) in [7, 11) is -2.35. The van der Waals surface area contributed by atoms with Crippen molar-refractivity contribution in [2.24, 2.45) is 4.40 Å². The summed E-state index contributed by atoms with van der Waals surface area (Å²) in [5.74, 6) is 0.948. The molecule has 0 unspecified atom stereocenters. The zero-order chi connectivity index (χ0) is 25.3. The van der Waals surface area contributed by atoms with Crippen LogP contribution in [0.15, 0.2) is 62.7 Å². The van der Waals surface area contributed by atoms with Gasteiger partial charge in [-0.15, -0.1) is 4.40 Å². The van der Waals surface area contributed by atoms with Crippen molar-refractivity contribution in [2.45, 2.75) is 50.8 Å². The van der Waals surface area contributed by atoms with Crippen LogP contribution < -0.4 is 9.47 Å². The largest absolute Gasteiger partial charge is 0.493 e. The molecule has 0 radical (unpaired) electrons. The van der Waals surface area contributed by atoms with Crippen LogP contribution in [0.5, 0.6) is 11.5 Å². The normalized spacial score (nSPS) is 16.3. The molecule has 1 heterocycles. The number of unbranched alkanes of at least 4 members (excludes halogenated alkanes) is 4. The summed E-state index contributed by atoms with van der Waals surface area (Å²) in [6.45, 7) is 4.90. The van der Waals surface area contributed by atoms with Crippen molar-refractivity contribution in [3.8, 4) is 11.5 Å². The number of ether oxygens (including phenoxy) is 2. The smallest absolute Gasteiger partial charge is 0.284 e. The van der Waals surface area contributed by atoms with Crippen LogP contribution >= 0.6 is 11.8 Å². The molecule has 0 spiro atoms. The third kappa shape index (κ3) is 7.11. The zero-order valence-corrected chi connectivity index (χ0v) is 22.0. The van der Waals surface area contributed by atoms with Crippen molar-refractivity contribution < 1.29 is 22.7 Å². The maximum absolute atomic E-state index is 12.9. The van der Waals surface area contributed by atoms with E-state index < -0.39 is 10.0 Å². The van der Waals surface area contributed by atoms with E-state index >= 15 is 0 Å². The molecule has 1 fully saturated rings. The molecule has 7 nitrogen and oxygen atoms in total. The van der Waals surface area contributed by atoms with Gasteiger partial charge in [-0.05, 0) is 61.0 Å². The van der Waals surface area contributed by atoms with Crippen LogP contribution in [0.1, 0.15) is 51.5 Å². The Balaban J connectivity index is 1.77. The van der Waals surface area contributed by atoms with Gasteiger partial charge in [-0.2, -0.15) is 8.42 Å². The van der Waals surface area contributed by atoms with Gasteiger partial charge in [0.1, 0.15) is 0 Å². The molecule has 0 aromatic heterocycles. The minimum absolute atomic E-state index is 0.0831. The lowest BCUT2D eigenvalue weighted by Crippen LogP contribution is -2.29. The summed E-state index contributed by atoms with van der Waals surface area (Å²) in [6, 6.07) is 13.4. The number of rotatable bonds is 12. The van der Waals surface area contributed by atoms with Gasteiger partial charge in [0.25, 0.3) is 15.9 Å². The lowest BCUT2D eigenvalue weighted by Gasteiger charge is -2.12. The number of hydrogen-bond donors (Lipinski definition) is 0. The van der Waals surface area contributed by atoms with E-state index in [1.807, 2.05) is 12.1 Å². The molecule has 2 aromatic carbocycles. The highest BCUT2D eigenvalue weighted by molar-refractivity contribution is 8.19. The monoisotopic (exact) mass is 516 g/mol. The first-order valence-corrected chi connectivity index (χ1v) is 14.1. The number of hydrogen-bond acceptors (Lipinski definition) is 6. The lowest BCUT2D eigenvalue weighted by atomic mass is 10.1. The summed E-state index contributed by atoms with van der Waals surface area (Å²) >= 11 is 1.05. The standard InChI is InChI=1S/C26H32N2O5S2/c1-4-6-7-8-12-17-33-22-16-15-20(18-23(22)32-3)19-24-25(29)28(5-2)26(34-24)27-35(30,31)21-13-10-9-11-14-21/h9-11,13-16,18-19H,4-8,12,17H2,1-3H3/b24-19-,27-26+. The molecule has 1 amide bonds. The number of carbonyl (C=O) groups is 1. The van der Waals surface area contributed by atoms with Gasteiger partial charge in [-0.25, -0.2) is 0 Å². The Kier molecular flexibility index (Phi) is 9.80. The highest BCUT2D eigenvalue weighted by atomic mass is 32.2. The van der Waals surface area contributed by atoms with Gasteiger partial charge >= 0.3 is 0 Å². The number of thioether (sulfide) groups is 1. The van der Waals surface area contributed by atoms with Gasteiger partial charge in [0.2, 0.25) is 0 Å². The number of amidine groups is 1. The molecule has 9 heteroatoms. The number of sulfonamides is 1. The Morgan fingerprint density at radius 3 is 2.43 bits per heavy atom. The fourth-order valence-electron chi connectivity index (χ4n) is 3.54. The van der Waals surface area contributed by atoms with Crippen molar-refractivity contribution >= 4 is 38.9 Å². The number of methoxy groups -OCH3 is 1. The maximum atomic E-state index is 12.9. The van der Waals surface area contributed by atoms with Crippen molar-refractivity contribution in [3.63, 3.8) is 0 Å². The molecule has 188 valence electrons. The number of nitrogens with zero attached hydrogens (tertiary/aromatic N) is 2. The molecular formula is C26H32N2O5S2. The van der Waals surface area contributed by atoms with E-state index in [-0.39, 0.29) is 16.0 Å². The maximum Gasteiger partial charge on any atom is 0.284 e. The van der Waals surface area contributed by atoms with E-state index in [0.29, 0.717) is 29.6 Å². The van der Waals surface area contributed by atoms with Crippen LogP contribution in [-0.4, -0.2) is 44.7 Å². The Bertz CT molecular complexity index is 1180. The summed E-state index contributed by atoms with van der Waals surface area (Å²) in [4.78, 5) is 14.8. The number of carbonyl (C=O) groups excluding carboxylic acids is 1. The molecule has 3 rings (SSSR count). The van der Waals surface area contributed by atoms with Gasteiger partial charge in [0.05, 0.1) is 23.5 Å². The van der Waals surface area contributed by atoms with E-state index in [0.717, 1.165) is 30.2 Å². The quantitative estimate of drug-likeness (QED) is 0.265. The molecule has 1 saturated heterocycles. The SMILES string of the molecule is CCCCCCCOc1ccc(/C=C2\S/C(=N/S(=O)(=O)c3ccccc3)N(CC)C2=O)cc1OC. The van der Waals surface area contributed by atoms with Crippen LogP contribution in [0.4, 0.5) is 0 Å². The van der Waals surface area contributed by atoms with Gasteiger partial charge in [0, 0.05) is 6.54 Å². The van der Waals surface area contributed by atoms with Crippen LogP contribution in [-0.2, 0) is 14.8 Å². The molecule has 0 bridgehead atoms. The fraction of sp³-hybridized carbons (Fsp3) is 0.385. The van der Waals surface area contributed by atoms with E-state index in [9.17, 15) is 13.2 Å². The molecule has 0 N–H and O–H groups in total. The van der Waals surface area contributed by atoms with Crippen LogP contribution in [0.2, 0.25) is 0 Å². The average Bonchev–Trinajstić information content (AvgIpc) is 3.15. The molecule has 0 saturated carbocycles. The van der Waals surface area contributed by atoms with Crippen molar-refractivity contribution in [1.29, 1.82) is 0 Å². The third-order valence-electron chi connectivity index (χ3n) is 5.43. The van der Waals surface area contributed by atoms with Gasteiger partial charge < -0.3 is 9.47 Å². The highest BCUT2D eigenvalue weighted by Crippen LogP contribution is 2.35. The van der Waals surface area contributed by atoms with Gasteiger partial charge in [-0.1, -0.05) is 56.9 Å². The molecule has 0 atom stereocenters. The van der Waals surface area contributed by atoms with E-state index in [1.54, 1.807) is 44.4 Å². The Morgan fingerprint density at radius 1 is 1.00 bits per heavy atom. The Hall–Kier alpha value is -2.78. The van der Waals surface area contributed by atoms with Gasteiger partial charge in [-0.3, -0.25) is 9.69 Å². The molecule has 1 aliphatic rings.